The Hall–Kier alpha value is -1.02. The molecular formula is C15H24N2. The number of aryl methyl sites for hydroxylation is 2. The van der Waals surface area contributed by atoms with Gasteiger partial charge in [-0.1, -0.05) is 13.0 Å². The zero-order valence-electron chi connectivity index (χ0n) is 11.3. The van der Waals surface area contributed by atoms with E-state index in [2.05, 4.69) is 49.2 Å². The van der Waals surface area contributed by atoms with Crippen LogP contribution in [0.4, 0.5) is 5.69 Å². The number of hydrogen-bond donors (Lipinski definition) is 1. The second kappa shape index (κ2) is 5.54. The highest BCUT2D eigenvalue weighted by Crippen LogP contribution is 2.22. The van der Waals surface area contributed by atoms with Gasteiger partial charge in [-0.2, -0.15) is 0 Å². The summed E-state index contributed by atoms with van der Waals surface area (Å²) in [6.07, 6.45) is 2.61. The van der Waals surface area contributed by atoms with Crippen LogP contribution in [0, 0.1) is 13.8 Å². The lowest BCUT2D eigenvalue weighted by Gasteiger charge is -2.35. The molecule has 1 aromatic rings. The molecular weight excluding hydrogens is 208 g/mol. The molecule has 1 heterocycles. The minimum atomic E-state index is 0.662. The molecule has 1 unspecified atom stereocenters. The maximum absolute atomic E-state index is 3.57. The SMILES string of the molecule is CCNC1CCCN(c2ccc(C)c(C)c2)C1. The van der Waals surface area contributed by atoms with Crippen molar-refractivity contribution in [1.82, 2.24) is 5.32 Å². The topological polar surface area (TPSA) is 15.3 Å². The molecule has 17 heavy (non-hydrogen) atoms. The Balaban J connectivity index is 2.08. The number of anilines is 1. The van der Waals surface area contributed by atoms with Crippen molar-refractivity contribution < 1.29 is 0 Å². The zero-order valence-corrected chi connectivity index (χ0v) is 11.3. The van der Waals surface area contributed by atoms with E-state index in [0.717, 1.165) is 13.1 Å². The standard InChI is InChI=1S/C15H24N2/c1-4-16-14-6-5-9-17(11-14)15-8-7-12(2)13(3)10-15/h7-8,10,14,16H,4-6,9,11H2,1-3H3. The third-order valence-electron chi connectivity index (χ3n) is 3.77. The van der Waals surface area contributed by atoms with E-state index >= 15 is 0 Å². The van der Waals surface area contributed by atoms with Crippen LogP contribution in [0.25, 0.3) is 0 Å². The van der Waals surface area contributed by atoms with Crippen molar-refractivity contribution in [2.45, 2.75) is 39.7 Å². The molecule has 2 heteroatoms. The van der Waals surface area contributed by atoms with Crippen LogP contribution < -0.4 is 10.2 Å². The molecule has 0 aliphatic carbocycles. The smallest absolute Gasteiger partial charge is 0.0369 e. The summed E-state index contributed by atoms with van der Waals surface area (Å²) in [4.78, 5) is 2.52. The fraction of sp³-hybridized carbons (Fsp3) is 0.600. The summed E-state index contributed by atoms with van der Waals surface area (Å²) in [5, 5.41) is 3.57. The summed E-state index contributed by atoms with van der Waals surface area (Å²) < 4.78 is 0. The number of likely N-dealkylation sites (N-methyl/N-ethyl adjacent to an activating group) is 1. The molecule has 0 bridgehead atoms. The van der Waals surface area contributed by atoms with Crippen LogP contribution in [0.15, 0.2) is 18.2 Å². The first-order valence-electron chi connectivity index (χ1n) is 6.76. The Labute approximate surface area is 105 Å². The molecule has 0 amide bonds. The first-order valence-corrected chi connectivity index (χ1v) is 6.76. The van der Waals surface area contributed by atoms with Crippen LogP contribution in [0.2, 0.25) is 0 Å². The molecule has 1 aliphatic heterocycles. The van der Waals surface area contributed by atoms with Crippen molar-refractivity contribution in [3.63, 3.8) is 0 Å². The minimum Gasteiger partial charge on any atom is -0.370 e. The maximum atomic E-state index is 3.57. The highest BCUT2D eigenvalue weighted by Gasteiger charge is 2.19. The molecule has 94 valence electrons. The molecule has 1 saturated heterocycles. The highest BCUT2D eigenvalue weighted by molar-refractivity contribution is 5.51. The third-order valence-corrected chi connectivity index (χ3v) is 3.77. The van der Waals surface area contributed by atoms with Gasteiger partial charge in [0.1, 0.15) is 0 Å². The van der Waals surface area contributed by atoms with Gasteiger partial charge in [-0.05, 0) is 56.5 Å². The quantitative estimate of drug-likeness (QED) is 0.862. The Morgan fingerprint density at radius 3 is 2.82 bits per heavy atom. The van der Waals surface area contributed by atoms with Crippen LogP contribution in [-0.4, -0.2) is 25.7 Å². The normalized spacial score (nSPS) is 20.6. The van der Waals surface area contributed by atoms with Gasteiger partial charge in [-0.25, -0.2) is 0 Å². The molecule has 1 N–H and O–H groups in total. The van der Waals surface area contributed by atoms with Crippen LogP contribution in [0.3, 0.4) is 0 Å². The average molecular weight is 232 g/mol. The van der Waals surface area contributed by atoms with Crippen molar-refractivity contribution in [3.05, 3.63) is 29.3 Å². The second-order valence-corrected chi connectivity index (χ2v) is 5.11. The van der Waals surface area contributed by atoms with Gasteiger partial charge in [0.15, 0.2) is 0 Å². The van der Waals surface area contributed by atoms with E-state index in [0.29, 0.717) is 6.04 Å². The molecule has 0 aromatic heterocycles. The lowest BCUT2D eigenvalue weighted by molar-refractivity contribution is 0.431. The number of benzene rings is 1. The average Bonchev–Trinajstić information content (AvgIpc) is 2.33. The fourth-order valence-corrected chi connectivity index (χ4v) is 2.59. The van der Waals surface area contributed by atoms with Gasteiger partial charge in [0.05, 0.1) is 0 Å². The van der Waals surface area contributed by atoms with E-state index < -0.39 is 0 Å². The van der Waals surface area contributed by atoms with Gasteiger partial charge in [0.2, 0.25) is 0 Å². The summed E-state index contributed by atoms with van der Waals surface area (Å²) in [7, 11) is 0. The van der Waals surface area contributed by atoms with E-state index in [1.54, 1.807) is 0 Å². The number of piperidine rings is 1. The summed E-state index contributed by atoms with van der Waals surface area (Å²) in [5.41, 5.74) is 4.16. The van der Waals surface area contributed by atoms with Gasteiger partial charge in [0, 0.05) is 24.8 Å². The monoisotopic (exact) mass is 232 g/mol. The first kappa shape index (κ1) is 12.4. The predicted octanol–water partition coefficient (Wildman–Crippen LogP) is 2.88. The summed E-state index contributed by atoms with van der Waals surface area (Å²) >= 11 is 0. The number of hydrogen-bond acceptors (Lipinski definition) is 2. The minimum absolute atomic E-state index is 0.662. The van der Waals surface area contributed by atoms with Gasteiger partial charge in [-0.15, -0.1) is 0 Å². The Kier molecular flexibility index (Phi) is 4.06. The van der Waals surface area contributed by atoms with Crippen LogP contribution in [-0.2, 0) is 0 Å². The summed E-state index contributed by atoms with van der Waals surface area (Å²) in [6.45, 7) is 9.99. The van der Waals surface area contributed by atoms with Crippen molar-refractivity contribution >= 4 is 5.69 Å². The second-order valence-electron chi connectivity index (χ2n) is 5.11. The van der Waals surface area contributed by atoms with E-state index in [1.807, 2.05) is 0 Å². The van der Waals surface area contributed by atoms with Crippen molar-refractivity contribution in [2.75, 3.05) is 24.5 Å². The van der Waals surface area contributed by atoms with Crippen molar-refractivity contribution in [3.8, 4) is 0 Å². The Morgan fingerprint density at radius 2 is 2.12 bits per heavy atom. The van der Waals surface area contributed by atoms with Gasteiger partial charge in [-0.3, -0.25) is 0 Å². The Morgan fingerprint density at radius 1 is 1.29 bits per heavy atom. The van der Waals surface area contributed by atoms with Crippen molar-refractivity contribution in [2.24, 2.45) is 0 Å². The molecule has 2 rings (SSSR count). The summed E-state index contributed by atoms with van der Waals surface area (Å²) in [6, 6.07) is 7.48. The predicted molar refractivity (Wildman–Crippen MR) is 74.8 cm³/mol. The largest absolute Gasteiger partial charge is 0.370 e. The van der Waals surface area contributed by atoms with Gasteiger partial charge < -0.3 is 10.2 Å². The molecule has 1 fully saturated rings. The molecule has 2 nitrogen and oxygen atoms in total. The molecule has 0 radical (unpaired) electrons. The van der Waals surface area contributed by atoms with E-state index in [1.165, 1.54) is 36.2 Å². The lowest BCUT2D eigenvalue weighted by Crippen LogP contribution is -2.45. The molecule has 0 saturated carbocycles. The number of nitrogens with one attached hydrogen (secondary N) is 1. The third kappa shape index (κ3) is 3.01. The van der Waals surface area contributed by atoms with Gasteiger partial charge in [0.25, 0.3) is 0 Å². The zero-order chi connectivity index (χ0) is 12.3. The summed E-state index contributed by atoms with van der Waals surface area (Å²) in [5.74, 6) is 0. The number of rotatable bonds is 3. The van der Waals surface area contributed by atoms with Crippen LogP contribution >= 0.6 is 0 Å². The van der Waals surface area contributed by atoms with E-state index in [9.17, 15) is 0 Å². The van der Waals surface area contributed by atoms with Gasteiger partial charge >= 0.3 is 0 Å². The molecule has 1 aromatic carbocycles. The number of nitrogens with zero attached hydrogens (tertiary/aromatic N) is 1. The molecule has 0 spiro atoms. The van der Waals surface area contributed by atoms with Crippen molar-refractivity contribution in [1.29, 1.82) is 0 Å². The van der Waals surface area contributed by atoms with Crippen LogP contribution in [0.1, 0.15) is 30.9 Å². The molecule has 1 aliphatic rings. The van der Waals surface area contributed by atoms with Crippen LogP contribution in [0.5, 0.6) is 0 Å². The highest BCUT2D eigenvalue weighted by atomic mass is 15.2. The lowest BCUT2D eigenvalue weighted by atomic mass is 10.0. The van der Waals surface area contributed by atoms with E-state index in [4.69, 9.17) is 0 Å². The van der Waals surface area contributed by atoms with E-state index in [-0.39, 0.29) is 0 Å². The fourth-order valence-electron chi connectivity index (χ4n) is 2.59. The first-order chi connectivity index (χ1) is 8.20. The maximum Gasteiger partial charge on any atom is 0.0369 e. The Bertz CT molecular complexity index is 371. The molecule has 1 atom stereocenters.